The minimum absolute atomic E-state index is 0.292. The van der Waals surface area contributed by atoms with Crippen molar-refractivity contribution in [2.75, 3.05) is 5.01 Å². The summed E-state index contributed by atoms with van der Waals surface area (Å²) in [6.07, 6.45) is 1.01. The molecule has 1 aliphatic heterocycles. The number of aromatic nitrogens is 2. The van der Waals surface area contributed by atoms with Crippen LogP contribution in [0.4, 0.5) is 23.2 Å². The lowest BCUT2D eigenvalue weighted by Gasteiger charge is -2.21. The van der Waals surface area contributed by atoms with E-state index in [4.69, 9.17) is 0 Å². The van der Waals surface area contributed by atoms with Gasteiger partial charge in [-0.05, 0) is 42.5 Å². The summed E-state index contributed by atoms with van der Waals surface area (Å²) in [5.41, 5.74) is 1.31. The molecule has 0 aliphatic carbocycles. The van der Waals surface area contributed by atoms with Gasteiger partial charge in [-0.15, -0.1) is 0 Å². The van der Waals surface area contributed by atoms with Crippen molar-refractivity contribution in [1.29, 1.82) is 0 Å². The second-order valence-corrected chi connectivity index (χ2v) is 6.14. The molecule has 2 aromatic carbocycles. The number of allylic oxidation sites excluding steroid dienone is 1. The smallest absolute Gasteiger partial charge is 0.241 e. The third kappa shape index (κ3) is 3.53. The molecule has 0 radical (unpaired) electrons. The minimum Gasteiger partial charge on any atom is -0.241 e. The van der Waals surface area contributed by atoms with Gasteiger partial charge >= 0.3 is 6.18 Å². The van der Waals surface area contributed by atoms with Gasteiger partial charge in [-0.2, -0.15) is 23.4 Å². The average molecular weight is 386 g/mol. The molecule has 0 bridgehead atoms. The van der Waals surface area contributed by atoms with E-state index in [0.717, 1.165) is 12.1 Å². The Morgan fingerprint density at radius 3 is 2.50 bits per heavy atom. The summed E-state index contributed by atoms with van der Waals surface area (Å²) in [6, 6.07) is 12.7. The second kappa shape index (κ2) is 6.95. The highest BCUT2D eigenvalue weighted by molar-refractivity contribution is 6.01. The molecule has 0 saturated heterocycles. The van der Waals surface area contributed by atoms with Gasteiger partial charge in [-0.1, -0.05) is 18.2 Å². The van der Waals surface area contributed by atoms with Crippen LogP contribution in [0.5, 0.6) is 0 Å². The molecule has 8 heteroatoms. The van der Waals surface area contributed by atoms with Gasteiger partial charge in [-0.25, -0.2) is 14.1 Å². The van der Waals surface area contributed by atoms with Crippen molar-refractivity contribution in [3.8, 4) is 5.69 Å². The molecular formula is C20H14F4N4. The monoisotopic (exact) mass is 386 g/mol. The Bertz CT molecular complexity index is 1070. The summed E-state index contributed by atoms with van der Waals surface area (Å²) in [5.74, 6) is -0.393. The maximum Gasteiger partial charge on any atom is 0.416 e. The van der Waals surface area contributed by atoms with Crippen LogP contribution in [0, 0.1) is 5.82 Å². The van der Waals surface area contributed by atoms with Crippen LogP contribution in [-0.2, 0) is 6.18 Å². The first-order chi connectivity index (χ1) is 13.4. The van der Waals surface area contributed by atoms with Crippen molar-refractivity contribution in [3.63, 3.8) is 0 Å². The van der Waals surface area contributed by atoms with Gasteiger partial charge in [0, 0.05) is 12.6 Å². The van der Waals surface area contributed by atoms with Crippen LogP contribution in [-0.4, -0.2) is 15.5 Å². The summed E-state index contributed by atoms with van der Waals surface area (Å²) >= 11 is 0. The number of hydrogen-bond acceptors (Lipinski definition) is 3. The number of benzene rings is 2. The van der Waals surface area contributed by atoms with E-state index in [1.807, 2.05) is 0 Å². The van der Waals surface area contributed by atoms with Crippen LogP contribution < -0.4 is 5.01 Å². The van der Waals surface area contributed by atoms with E-state index in [1.165, 1.54) is 23.2 Å². The number of anilines is 1. The molecule has 0 spiro atoms. The van der Waals surface area contributed by atoms with Crippen LogP contribution >= 0.6 is 0 Å². The zero-order valence-corrected chi connectivity index (χ0v) is 14.4. The highest BCUT2D eigenvalue weighted by Gasteiger charge is 2.31. The average Bonchev–Trinajstić information content (AvgIpc) is 3.17. The normalized spacial score (nSPS) is 14.3. The third-order valence-corrected chi connectivity index (χ3v) is 4.22. The largest absolute Gasteiger partial charge is 0.416 e. The van der Waals surface area contributed by atoms with Crippen molar-refractivity contribution in [2.45, 2.75) is 12.6 Å². The first-order valence-corrected chi connectivity index (χ1v) is 8.43. The van der Waals surface area contributed by atoms with E-state index >= 15 is 0 Å². The van der Waals surface area contributed by atoms with Crippen molar-refractivity contribution in [1.82, 2.24) is 9.78 Å². The predicted octanol–water partition coefficient (Wildman–Crippen LogP) is 5.16. The molecule has 0 atom stereocenters. The molecule has 28 heavy (non-hydrogen) atoms. The Labute approximate surface area is 158 Å². The highest BCUT2D eigenvalue weighted by Crippen LogP contribution is 2.32. The lowest BCUT2D eigenvalue weighted by atomic mass is 10.1. The molecule has 1 aromatic heterocycles. The first kappa shape index (κ1) is 18.0. The van der Waals surface area contributed by atoms with Crippen molar-refractivity contribution in [2.24, 2.45) is 5.10 Å². The van der Waals surface area contributed by atoms with Crippen molar-refractivity contribution in [3.05, 3.63) is 90.1 Å². The van der Waals surface area contributed by atoms with Crippen LogP contribution in [0.25, 0.3) is 5.69 Å². The second-order valence-electron chi connectivity index (χ2n) is 6.14. The van der Waals surface area contributed by atoms with Gasteiger partial charge in [-0.3, -0.25) is 0 Å². The standard InChI is InChI=1S/C20H14F4N4/c21-15-5-2-7-17(13-15)28-19(9-10-25-28)18-8-3-11-27(26-18)16-6-1-4-14(12-16)20(22,23)24/h1-7,9-13H,8H2. The van der Waals surface area contributed by atoms with E-state index in [-0.39, 0.29) is 0 Å². The molecule has 0 amide bonds. The Balaban J connectivity index is 1.70. The molecule has 1 aliphatic rings. The minimum atomic E-state index is -4.43. The Hall–Kier alpha value is -3.42. The number of rotatable bonds is 3. The Kier molecular flexibility index (Phi) is 4.46. The molecule has 4 nitrogen and oxygen atoms in total. The van der Waals surface area contributed by atoms with Crippen LogP contribution in [0.3, 0.4) is 0 Å². The molecule has 0 unspecified atom stereocenters. The van der Waals surface area contributed by atoms with E-state index in [2.05, 4.69) is 10.2 Å². The number of hydrogen-bond donors (Lipinski definition) is 0. The van der Waals surface area contributed by atoms with Crippen molar-refractivity contribution >= 4 is 11.4 Å². The summed E-state index contributed by atoms with van der Waals surface area (Å²) in [5, 5.41) is 10.1. The number of hydrazone groups is 1. The molecule has 2 heterocycles. The van der Waals surface area contributed by atoms with E-state index in [1.54, 1.807) is 47.4 Å². The summed E-state index contributed by atoms with van der Waals surface area (Å²) in [6.45, 7) is 0. The maximum absolute atomic E-state index is 13.6. The summed E-state index contributed by atoms with van der Waals surface area (Å²) < 4.78 is 54.1. The van der Waals surface area contributed by atoms with Gasteiger partial charge in [0.25, 0.3) is 0 Å². The first-order valence-electron chi connectivity index (χ1n) is 8.43. The molecule has 142 valence electrons. The Morgan fingerprint density at radius 2 is 1.71 bits per heavy atom. The lowest BCUT2D eigenvalue weighted by molar-refractivity contribution is -0.137. The van der Waals surface area contributed by atoms with Crippen LogP contribution in [0.1, 0.15) is 17.7 Å². The van der Waals surface area contributed by atoms with Gasteiger partial charge in [0.1, 0.15) is 5.82 Å². The van der Waals surface area contributed by atoms with Crippen LogP contribution in [0.2, 0.25) is 0 Å². The van der Waals surface area contributed by atoms with Gasteiger partial charge in [0.05, 0.1) is 34.5 Å². The van der Waals surface area contributed by atoms with E-state index in [9.17, 15) is 17.6 Å². The zero-order valence-electron chi connectivity index (χ0n) is 14.4. The number of alkyl halides is 3. The number of nitrogens with zero attached hydrogens (tertiary/aromatic N) is 4. The third-order valence-electron chi connectivity index (χ3n) is 4.22. The Morgan fingerprint density at radius 1 is 0.929 bits per heavy atom. The highest BCUT2D eigenvalue weighted by atomic mass is 19.4. The fourth-order valence-electron chi connectivity index (χ4n) is 2.93. The van der Waals surface area contributed by atoms with E-state index in [0.29, 0.717) is 29.2 Å². The quantitative estimate of drug-likeness (QED) is 0.583. The SMILES string of the molecule is Fc1cccc(-n2nccc2C2=NN(c3cccc(C(F)(F)F)c3)C=CC2)c1. The zero-order chi connectivity index (χ0) is 19.7. The van der Waals surface area contributed by atoms with Gasteiger partial charge < -0.3 is 0 Å². The fourth-order valence-corrected chi connectivity index (χ4v) is 2.93. The number of halogens is 4. The molecule has 4 rings (SSSR count). The molecule has 0 saturated carbocycles. The lowest BCUT2D eigenvalue weighted by Crippen LogP contribution is -2.19. The van der Waals surface area contributed by atoms with Crippen molar-refractivity contribution < 1.29 is 17.6 Å². The van der Waals surface area contributed by atoms with Gasteiger partial charge in [0.15, 0.2) is 0 Å². The predicted molar refractivity (Wildman–Crippen MR) is 97.7 cm³/mol. The molecular weight excluding hydrogens is 372 g/mol. The topological polar surface area (TPSA) is 33.4 Å². The molecule has 0 fully saturated rings. The maximum atomic E-state index is 13.6. The summed E-state index contributed by atoms with van der Waals surface area (Å²) in [7, 11) is 0. The van der Waals surface area contributed by atoms with E-state index < -0.39 is 17.6 Å². The summed E-state index contributed by atoms with van der Waals surface area (Å²) in [4.78, 5) is 0. The molecule has 3 aromatic rings. The molecule has 0 N–H and O–H groups in total. The van der Waals surface area contributed by atoms with Gasteiger partial charge in [0.2, 0.25) is 0 Å². The fraction of sp³-hybridized carbons (Fsp3) is 0.100. The van der Waals surface area contributed by atoms with Crippen LogP contribution in [0.15, 0.2) is 78.2 Å².